The molecule has 3 heterocycles. The maximum absolute atomic E-state index is 13.7. The van der Waals surface area contributed by atoms with Crippen molar-refractivity contribution < 1.29 is 79.5 Å². The van der Waals surface area contributed by atoms with E-state index in [0.717, 1.165) is 24.3 Å². The minimum atomic E-state index is -1.88. The van der Waals surface area contributed by atoms with Gasteiger partial charge in [-0.1, -0.05) is 0 Å². The highest BCUT2D eigenvalue weighted by atomic mass is 16.7. The summed E-state index contributed by atoms with van der Waals surface area (Å²) in [5.74, 6) is -4.92. The molecule has 17 nitrogen and oxygen atoms in total. The highest BCUT2D eigenvalue weighted by Gasteiger charge is 2.46. The Bertz CT molecular complexity index is 1560. The summed E-state index contributed by atoms with van der Waals surface area (Å²) in [5, 5.41) is 111. The molecule has 1 aromatic heterocycles. The second-order valence-electron chi connectivity index (χ2n) is 10.4. The summed E-state index contributed by atoms with van der Waals surface area (Å²) >= 11 is 0. The number of aliphatic hydroxyl groups excluding tert-OH is 7. The molecule has 0 spiro atoms. The lowest BCUT2D eigenvalue weighted by molar-refractivity contribution is -0.277. The van der Waals surface area contributed by atoms with Crippen LogP contribution in [0.5, 0.6) is 34.5 Å². The number of aliphatic hydroxyl groups is 7. The average Bonchev–Trinajstić information content (AvgIpc) is 2.98. The Labute approximate surface area is 246 Å². The average molecular weight is 627 g/mol. The van der Waals surface area contributed by atoms with Crippen molar-refractivity contribution in [1.82, 2.24) is 0 Å². The Morgan fingerprint density at radius 1 is 0.727 bits per heavy atom. The summed E-state index contributed by atoms with van der Waals surface area (Å²) < 4.78 is 27.7. The van der Waals surface area contributed by atoms with Gasteiger partial charge in [0.2, 0.25) is 23.8 Å². The lowest BCUT2D eigenvalue weighted by Gasteiger charge is -2.39. The van der Waals surface area contributed by atoms with E-state index < -0.39 is 119 Å². The van der Waals surface area contributed by atoms with Crippen molar-refractivity contribution >= 4 is 11.0 Å². The Kier molecular flexibility index (Phi) is 8.51. The molecule has 2 aromatic carbocycles. The summed E-state index contributed by atoms with van der Waals surface area (Å²) in [6.07, 6.45) is -16.2. The molecule has 0 bridgehead atoms. The molecule has 10 atom stereocenters. The van der Waals surface area contributed by atoms with Crippen molar-refractivity contribution in [2.24, 2.45) is 0 Å². The maximum Gasteiger partial charge on any atom is 0.239 e. The summed E-state index contributed by atoms with van der Waals surface area (Å²) in [4.78, 5) is 13.7. The maximum atomic E-state index is 13.7. The summed E-state index contributed by atoms with van der Waals surface area (Å²) in [6, 6.07) is 3.75. The predicted octanol–water partition coefficient (Wildman–Crippen LogP) is -2.33. The van der Waals surface area contributed by atoms with Gasteiger partial charge in [0, 0.05) is 17.7 Å². The van der Waals surface area contributed by atoms with Crippen LogP contribution in [0.15, 0.2) is 33.5 Å². The van der Waals surface area contributed by atoms with Gasteiger partial charge in [-0.05, 0) is 19.1 Å². The van der Waals surface area contributed by atoms with Gasteiger partial charge in [0.05, 0.1) is 12.7 Å². The fourth-order valence-electron chi connectivity index (χ4n) is 4.88. The van der Waals surface area contributed by atoms with Crippen LogP contribution in [-0.2, 0) is 9.47 Å². The zero-order valence-corrected chi connectivity index (χ0v) is 22.7. The van der Waals surface area contributed by atoms with Gasteiger partial charge in [0.1, 0.15) is 65.2 Å². The molecular weight excluding hydrogens is 596 g/mol. The molecule has 2 fully saturated rings. The third-order valence-corrected chi connectivity index (χ3v) is 7.38. The van der Waals surface area contributed by atoms with Crippen LogP contribution in [0, 0.1) is 0 Å². The molecule has 0 aliphatic carbocycles. The van der Waals surface area contributed by atoms with E-state index in [1.54, 1.807) is 0 Å². The minimum absolute atomic E-state index is 0.259. The first-order valence-corrected chi connectivity index (χ1v) is 13.2. The third-order valence-electron chi connectivity index (χ3n) is 7.38. The molecule has 0 unspecified atom stereocenters. The van der Waals surface area contributed by atoms with Crippen LogP contribution in [-0.4, -0.2) is 124 Å². The number of benzene rings is 2. The number of aromatic hydroxyl groups is 4. The van der Waals surface area contributed by atoms with Crippen LogP contribution in [0.2, 0.25) is 0 Å². The van der Waals surface area contributed by atoms with Gasteiger partial charge in [0.15, 0.2) is 23.0 Å². The largest absolute Gasteiger partial charge is 0.507 e. The van der Waals surface area contributed by atoms with Crippen molar-refractivity contribution in [3.63, 3.8) is 0 Å². The van der Waals surface area contributed by atoms with E-state index >= 15 is 0 Å². The topological polar surface area (TPSA) is 290 Å². The number of hydrogen-bond donors (Lipinski definition) is 11. The SMILES string of the molecule is C[C@@H]1O[C@@H](Oc2c(-c3cc(O)c(O)c(O)c3)oc3cc(O[C@@H]4O[C@H](CO)[C@@H](O)[C@H](O)[C@H]4O)cc(O)c3c2=O)[C@H](O)[C@H](O)[C@H]1O. The van der Waals surface area contributed by atoms with Crippen molar-refractivity contribution in [1.29, 1.82) is 0 Å². The Morgan fingerprint density at radius 3 is 1.93 bits per heavy atom. The third kappa shape index (κ3) is 5.45. The van der Waals surface area contributed by atoms with E-state index in [1.165, 1.54) is 6.92 Å². The molecular formula is C27H30O17. The van der Waals surface area contributed by atoms with E-state index in [1.807, 2.05) is 0 Å². The number of phenolic OH excluding ortho intramolecular Hbond substituents is 4. The second kappa shape index (κ2) is 11.9. The first-order chi connectivity index (χ1) is 20.7. The van der Waals surface area contributed by atoms with Crippen molar-refractivity contribution in [3.05, 3.63) is 34.5 Å². The number of phenols is 4. The monoisotopic (exact) mass is 626 g/mol. The molecule has 5 rings (SSSR count). The van der Waals surface area contributed by atoms with Crippen LogP contribution < -0.4 is 14.9 Å². The lowest BCUT2D eigenvalue weighted by Crippen LogP contribution is -2.60. The van der Waals surface area contributed by atoms with Gasteiger partial charge in [-0.3, -0.25) is 4.79 Å². The molecule has 44 heavy (non-hydrogen) atoms. The van der Waals surface area contributed by atoms with Crippen molar-refractivity contribution in [2.45, 2.75) is 68.3 Å². The molecule has 240 valence electrons. The van der Waals surface area contributed by atoms with Gasteiger partial charge in [-0.15, -0.1) is 0 Å². The fraction of sp³-hybridized carbons (Fsp3) is 0.444. The van der Waals surface area contributed by atoms with Crippen LogP contribution >= 0.6 is 0 Å². The summed E-state index contributed by atoms with van der Waals surface area (Å²) in [6.45, 7) is 0.619. The molecule has 0 radical (unpaired) electrons. The van der Waals surface area contributed by atoms with Gasteiger partial charge in [-0.25, -0.2) is 0 Å². The van der Waals surface area contributed by atoms with Gasteiger partial charge >= 0.3 is 0 Å². The molecule has 2 saturated heterocycles. The minimum Gasteiger partial charge on any atom is -0.507 e. The van der Waals surface area contributed by atoms with E-state index in [-0.39, 0.29) is 11.3 Å². The quantitative estimate of drug-likeness (QED) is 0.128. The van der Waals surface area contributed by atoms with Crippen molar-refractivity contribution in [3.8, 4) is 45.8 Å². The highest BCUT2D eigenvalue weighted by molar-refractivity contribution is 5.88. The lowest BCUT2D eigenvalue weighted by atomic mass is 9.99. The first kappa shape index (κ1) is 31.5. The Hall–Kier alpha value is -3.91. The Morgan fingerprint density at radius 2 is 1.32 bits per heavy atom. The van der Waals surface area contributed by atoms with Gasteiger partial charge in [0.25, 0.3) is 0 Å². The van der Waals surface area contributed by atoms with Crippen molar-refractivity contribution in [2.75, 3.05) is 6.61 Å². The summed E-state index contributed by atoms with van der Waals surface area (Å²) in [5.41, 5.74) is -1.75. The zero-order valence-electron chi connectivity index (χ0n) is 22.7. The molecule has 3 aromatic rings. The molecule has 0 amide bonds. The van der Waals surface area contributed by atoms with E-state index in [2.05, 4.69) is 0 Å². The van der Waals surface area contributed by atoms with E-state index in [9.17, 15) is 61.0 Å². The first-order valence-electron chi connectivity index (χ1n) is 13.2. The Balaban J connectivity index is 1.62. The highest BCUT2D eigenvalue weighted by Crippen LogP contribution is 2.43. The van der Waals surface area contributed by atoms with E-state index in [0.29, 0.717) is 0 Å². The number of rotatable bonds is 6. The molecule has 17 heteroatoms. The van der Waals surface area contributed by atoms with Gasteiger partial charge < -0.3 is 79.5 Å². The molecule has 0 saturated carbocycles. The predicted molar refractivity (Wildman–Crippen MR) is 142 cm³/mol. The number of fused-ring (bicyclic) bond motifs is 1. The molecule has 2 aliphatic rings. The summed E-state index contributed by atoms with van der Waals surface area (Å²) in [7, 11) is 0. The smallest absolute Gasteiger partial charge is 0.239 e. The number of ether oxygens (including phenoxy) is 4. The second-order valence-corrected chi connectivity index (χ2v) is 10.4. The number of hydrogen-bond acceptors (Lipinski definition) is 17. The molecule has 2 aliphatic heterocycles. The van der Waals surface area contributed by atoms with Crippen LogP contribution in [0.4, 0.5) is 0 Å². The molecule has 11 N–H and O–H groups in total. The fourth-order valence-corrected chi connectivity index (χ4v) is 4.88. The van der Waals surface area contributed by atoms with Crippen LogP contribution in [0.3, 0.4) is 0 Å². The van der Waals surface area contributed by atoms with Gasteiger partial charge in [-0.2, -0.15) is 0 Å². The van der Waals surface area contributed by atoms with E-state index in [4.69, 9.17) is 23.4 Å². The van der Waals surface area contributed by atoms with Crippen LogP contribution in [0.25, 0.3) is 22.3 Å². The zero-order chi connectivity index (χ0) is 32.2. The normalized spacial score (nSPS) is 32.5. The van der Waals surface area contributed by atoms with Crippen LogP contribution in [0.1, 0.15) is 6.92 Å². The standard InChI is InChI=1S/C27H30O17/c1-7-16(32)20(36)22(38)26(40-7)44-25-19(35)15-10(29)4-9(41-27-23(39)21(37)18(34)14(6-28)43-27)5-13(15)42-24(25)8-2-11(30)17(33)12(31)3-8/h2-5,7,14,16,18,20-23,26-34,36-39H,6H2,1H3/t7-,14+,16-,18+,20+,21-,22+,23+,26-,27+/m0/s1.